The van der Waals surface area contributed by atoms with Crippen molar-refractivity contribution in [2.24, 2.45) is 0 Å². The Labute approximate surface area is 84.9 Å². The fourth-order valence-electron chi connectivity index (χ4n) is 1.57. The number of thiophene rings is 1. The summed E-state index contributed by atoms with van der Waals surface area (Å²) in [6, 6.07) is 1.49. The lowest BCUT2D eigenvalue weighted by molar-refractivity contribution is -0.121. The molecule has 0 bridgehead atoms. The summed E-state index contributed by atoms with van der Waals surface area (Å²) in [5, 5.41) is 4.62. The van der Waals surface area contributed by atoms with Crippen LogP contribution in [0.4, 0.5) is 8.78 Å². The molecule has 1 aromatic heterocycles. The van der Waals surface area contributed by atoms with E-state index in [0.717, 1.165) is 0 Å². The predicted molar refractivity (Wildman–Crippen MR) is 50.8 cm³/mol. The van der Waals surface area contributed by atoms with E-state index in [-0.39, 0.29) is 11.7 Å². The van der Waals surface area contributed by atoms with Crippen molar-refractivity contribution in [3.63, 3.8) is 0 Å². The van der Waals surface area contributed by atoms with Crippen molar-refractivity contribution in [3.8, 4) is 0 Å². The molecule has 0 aliphatic carbocycles. The third kappa shape index (κ3) is 1.55. The van der Waals surface area contributed by atoms with E-state index in [9.17, 15) is 8.78 Å². The molecule has 0 spiro atoms. The van der Waals surface area contributed by atoms with E-state index in [1.54, 1.807) is 12.4 Å². The van der Waals surface area contributed by atoms with Gasteiger partial charge in [0.1, 0.15) is 12.7 Å². The Morgan fingerprint density at radius 2 is 2.50 bits per heavy atom. The topological polar surface area (TPSA) is 21.3 Å². The van der Waals surface area contributed by atoms with E-state index in [2.05, 4.69) is 5.32 Å². The number of fused-ring (bicyclic) bond motifs is 1. The molecular formula is C9H11F2NOS. The Morgan fingerprint density at radius 1 is 1.71 bits per heavy atom. The summed E-state index contributed by atoms with van der Waals surface area (Å²) in [5.41, 5.74) is 0.133. The van der Waals surface area contributed by atoms with Gasteiger partial charge in [-0.2, -0.15) is 8.78 Å². The fraction of sp³-hybridized carbons (Fsp3) is 0.556. The molecule has 14 heavy (non-hydrogen) atoms. The zero-order valence-corrected chi connectivity index (χ0v) is 8.54. The van der Waals surface area contributed by atoms with Crippen LogP contribution in [0.2, 0.25) is 0 Å². The Hall–Kier alpha value is -0.520. The predicted octanol–water partition coefficient (Wildman–Crippen LogP) is 2.13. The molecule has 1 aromatic rings. The number of likely N-dealkylation sites (N-methyl/N-ethyl adjacent to an activating group) is 1. The van der Waals surface area contributed by atoms with E-state index in [1.807, 2.05) is 0 Å². The second-order valence-corrected chi connectivity index (χ2v) is 4.21. The molecule has 78 valence electrons. The first-order valence-electron chi connectivity index (χ1n) is 4.37. The first-order valence-corrected chi connectivity index (χ1v) is 5.25. The Kier molecular flexibility index (Phi) is 2.55. The molecule has 0 saturated carbocycles. The lowest BCUT2D eigenvalue weighted by Crippen LogP contribution is -2.32. The molecule has 0 aromatic carbocycles. The Morgan fingerprint density at radius 3 is 3.21 bits per heavy atom. The van der Waals surface area contributed by atoms with Gasteiger partial charge < -0.3 is 10.1 Å². The molecule has 0 amide bonds. The maximum atomic E-state index is 13.3. The van der Waals surface area contributed by atoms with Crippen LogP contribution in [0.15, 0.2) is 11.4 Å². The molecule has 1 atom stereocenters. The summed E-state index contributed by atoms with van der Waals surface area (Å²) in [6.07, 6.45) is -0.227. The molecule has 0 fully saturated rings. The molecule has 5 heteroatoms. The van der Waals surface area contributed by atoms with Gasteiger partial charge >= 0.3 is 0 Å². The second kappa shape index (κ2) is 3.56. The van der Waals surface area contributed by atoms with Gasteiger partial charge in [0.05, 0.1) is 0 Å². The van der Waals surface area contributed by atoms with Crippen LogP contribution in [0.1, 0.15) is 16.5 Å². The lowest BCUT2D eigenvalue weighted by Gasteiger charge is -2.28. The van der Waals surface area contributed by atoms with E-state index < -0.39 is 12.5 Å². The summed E-state index contributed by atoms with van der Waals surface area (Å²) in [4.78, 5) is 0.649. The fourth-order valence-corrected chi connectivity index (χ4v) is 2.57. The zero-order chi connectivity index (χ0) is 10.2. The van der Waals surface area contributed by atoms with Gasteiger partial charge in [0.25, 0.3) is 5.92 Å². The largest absolute Gasteiger partial charge is 0.365 e. The SMILES string of the molecule is CNCC1OCC(F)(F)c2ccsc21. The monoisotopic (exact) mass is 219 g/mol. The van der Waals surface area contributed by atoms with Crippen LogP contribution in [0.25, 0.3) is 0 Å². The van der Waals surface area contributed by atoms with Gasteiger partial charge in [-0.15, -0.1) is 11.3 Å². The first-order chi connectivity index (χ1) is 6.65. The number of hydrogen-bond donors (Lipinski definition) is 1. The van der Waals surface area contributed by atoms with Crippen molar-refractivity contribution < 1.29 is 13.5 Å². The Balaban J connectivity index is 2.32. The van der Waals surface area contributed by atoms with Gasteiger partial charge in [0, 0.05) is 17.0 Å². The molecule has 1 N–H and O–H groups in total. The first kappa shape index (κ1) is 10.0. The highest BCUT2D eigenvalue weighted by Gasteiger charge is 2.41. The van der Waals surface area contributed by atoms with Crippen LogP contribution in [-0.2, 0) is 10.7 Å². The Bertz CT molecular complexity index is 326. The van der Waals surface area contributed by atoms with Crippen LogP contribution in [0.5, 0.6) is 0 Å². The molecular weight excluding hydrogens is 208 g/mol. The number of ether oxygens (including phenoxy) is 1. The number of alkyl halides is 2. The number of halogens is 2. The molecule has 0 radical (unpaired) electrons. The highest BCUT2D eigenvalue weighted by atomic mass is 32.1. The minimum absolute atomic E-state index is 0.133. The maximum absolute atomic E-state index is 13.3. The van der Waals surface area contributed by atoms with Crippen molar-refractivity contribution in [1.82, 2.24) is 5.32 Å². The molecule has 0 saturated heterocycles. The van der Waals surface area contributed by atoms with E-state index >= 15 is 0 Å². The minimum Gasteiger partial charge on any atom is -0.365 e. The van der Waals surface area contributed by atoms with E-state index in [1.165, 1.54) is 17.4 Å². The quantitative estimate of drug-likeness (QED) is 0.822. The van der Waals surface area contributed by atoms with Crippen LogP contribution >= 0.6 is 11.3 Å². The molecule has 2 nitrogen and oxygen atoms in total. The molecule has 2 rings (SSSR count). The van der Waals surface area contributed by atoms with E-state index in [0.29, 0.717) is 11.4 Å². The third-order valence-corrected chi connectivity index (χ3v) is 3.25. The van der Waals surface area contributed by atoms with Crippen LogP contribution in [0, 0.1) is 0 Å². The summed E-state index contributed by atoms with van der Waals surface area (Å²) in [6.45, 7) is 0.0622. The van der Waals surface area contributed by atoms with Gasteiger partial charge in [-0.25, -0.2) is 0 Å². The van der Waals surface area contributed by atoms with Gasteiger partial charge in [-0.1, -0.05) is 0 Å². The van der Waals surface area contributed by atoms with Crippen LogP contribution in [-0.4, -0.2) is 20.2 Å². The lowest BCUT2D eigenvalue weighted by atomic mass is 10.0. The van der Waals surface area contributed by atoms with Crippen molar-refractivity contribution in [1.29, 1.82) is 0 Å². The normalized spacial score (nSPS) is 24.6. The molecule has 1 unspecified atom stereocenters. The van der Waals surface area contributed by atoms with Gasteiger partial charge in [0.15, 0.2) is 0 Å². The zero-order valence-electron chi connectivity index (χ0n) is 7.72. The molecule has 2 heterocycles. The van der Waals surface area contributed by atoms with Gasteiger partial charge in [-0.3, -0.25) is 0 Å². The summed E-state index contributed by atoms with van der Waals surface area (Å²) in [5.74, 6) is -2.82. The van der Waals surface area contributed by atoms with Crippen LogP contribution < -0.4 is 5.32 Å². The third-order valence-electron chi connectivity index (χ3n) is 2.24. The van der Waals surface area contributed by atoms with Gasteiger partial charge in [-0.05, 0) is 18.5 Å². The number of hydrogen-bond acceptors (Lipinski definition) is 3. The van der Waals surface area contributed by atoms with E-state index in [4.69, 9.17) is 4.74 Å². The average Bonchev–Trinajstić information content (AvgIpc) is 2.60. The van der Waals surface area contributed by atoms with Crippen molar-refractivity contribution in [2.75, 3.05) is 20.2 Å². The maximum Gasteiger partial charge on any atom is 0.297 e. The summed E-state index contributed by atoms with van der Waals surface area (Å²) >= 11 is 1.33. The number of rotatable bonds is 2. The highest BCUT2D eigenvalue weighted by Crippen LogP contribution is 2.42. The van der Waals surface area contributed by atoms with Crippen molar-refractivity contribution in [3.05, 3.63) is 21.9 Å². The minimum atomic E-state index is -2.82. The molecule has 1 aliphatic rings. The summed E-state index contributed by atoms with van der Waals surface area (Å²) in [7, 11) is 1.78. The van der Waals surface area contributed by atoms with Crippen molar-refractivity contribution >= 4 is 11.3 Å². The highest BCUT2D eigenvalue weighted by molar-refractivity contribution is 7.10. The standard InChI is InChI=1S/C9H11F2NOS/c1-12-4-7-8-6(2-3-14-8)9(10,11)5-13-7/h2-3,7,12H,4-5H2,1H3. The molecule has 1 aliphatic heterocycles. The van der Waals surface area contributed by atoms with Gasteiger partial charge in [0.2, 0.25) is 0 Å². The van der Waals surface area contributed by atoms with Crippen LogP contribution in [0.3, 0.4) is 0 Å². The smallest absolute Gasteiger partial charge is 0.297 e. The average molecular weight is 219 g/mol. The number of nitrogens with one attached hydrogen (secondary N) is 1. The van der Waals surface area contributed by atoms with Crippen molar-refractivity contribution in [2.45, 2.75) is 12.0 Å². The summed E-state index contributed by atoms with van der Waals surface area (Å²) < 4.78 is 31.7. The second-order valence-electron chi connectivity index (χ2n) is 3.26.